The predicted molar refractivity (Wildman–Crippen MR) is 105 cm³/mol. The molecule has 1 saturated heterocycles. The fourth-order valence-corrected chi connectivity index (χ4v) is 4.37. The maximum absolute atomic E-state index is 14.9. The molecular weight excluding hydrogens is 382 g/mol. The van der Waals surface area contributed by atoms with E-state index in [9.17, 15) is 23.8 Å². The Morgan fingerprint density at radius 2 is 2.10 bits per heavy atom. The first kappa shape index (κ1) is 23.8. The van der Waals surface area contributed by atoms with Crippen LogP contribution in [0.1, 0.15) is 65.2 Å². The average Bonchev–Trinajstić information content (AvgIpc) is 3.07. The van der Waals surface area contributed by atoms with Crippen LogP contribution in [0, 0.1) is 17.8 Å². The number of aliphatic carboxylic acids is 1. The van der Waals surface area contributed by atoms with Gasteiger partial charge in [0.15, 0.2) is 5.76 Å². The molecule has 1 aliphatic heterocycles. The predicted octanol–water partition coefficient (Wildman–Crippen LogP) is 4.29. The molecule has 2 fully saturated rings. The normalized spacial score (nSPS) is 31.7. The van der Waals surface area contributed by atoms with E-state index in [0.717, 1.165) is 19.3 Å². The van der Waals surface area contributed by atoms with Crippen molar-refractivity contribution in [2.45, 2.75) is 89.4 Å². The van der Waals surface area contributed by atoms with Crippen LogP contribution in [0.3, 0.4) is 0 Å². The van der Waals surface area contributed by atoms with Gasteiger partial charge in [-0.05, 0) is 31.3 Å². The first-order valence-electron chi connectivity index (χ1n) is 10.7. The minimum atomic E-state index is -3.22. The van der Waals surface area contributed by atoms with Crippen molar-refractivity contribution in [3.63, 3.8) is 0 Å². The third-order valence-electron chi connectivity index (χ3n) is 5.93. The van der Waals surface area contributed by atoms with Gasteiger partial charge in [0.25, 0.3) is 0 Å². The molecule has 0 spiro atoms. The van der Waals surface area contributed by atoms with E-state index in [0.29, 0.717) is 12.3 Å². The Kier molecular flexibility index (Phi) is 8.64. The van der Waals surface area contributed by atoms with Crippen LogP contribution >= 0.6 is 0 Å². The Balaban J connectivity index is 1.99. The lowest BCUT2D eigenvalue weighted by atomic mass is 9.87. The molecule has 2 rings (SSSR count). The van der Waals surface area contributed by atoms with Crippen LogP contribution in [0.25, 0.3) is 0 Å². The molecule has 0 unspecified atom stereocenters. The highest BCUT2D eigenvalue weighted by molar-refractivity contribution is 5.66. The fraction of sp³-hybridized carbons (Fsp3) is 0.773. The molecule has 166 valence electrons. The molecule has 1 aliphatic carbocycles. The Morgan fingerprint density at radius 1 is 1.38 bits per heavy atom. The number of ether oxygens (including phenoxy) is 1. The van der Waals surface area contributed by atoms with Gasteiger partial charge in [-0.15, -0.1) is 0 Å². The molecule has 0 aromatic rings. The van der Waals surface area contributed by atoms with Gasteiger partial charge >= 0.3 is 11.9 Å². The van der Waals surface area contributed by atoms with Gasteiger partial charge in [-0.3, -0.25) is 4.79 Å². The van der Waals surface area contributed by atoms with Crippen LogP contribution in [-0.4, -0.2) is 45.5 Å². The molecule has 0 bridgehead atoms. The van der Waals surface area contributed by atoms with Crippen LogP contribution in [0.15, 0.2) is 24.0 Å². The fourth-order valence-electron chi connectivity index (χ4n) is 4.37. The number of allylic oxidation sites excluding steroid dienone is 2. The summed E-state index contributed by atoms with van der Waals surface area (Å²) in [6.07, 6.45) is 6.15. The van der Waals surface area contributed by atoms with Crippen molar-refractivity contribution in [3.05, 3.63) is 24.0 Å². The van der Waals surface area contributed by atoms with E-state index in [1.165, 1.54) is 18.2 Å². The molecule has 0 aromatic carbocycles. The van der Waals surface area contributed by atoms with Crippen LogP contribution in [0.5, 0.6) is 0 Å². The Labute approximate surface area is 171 Å². The van der Waals surface area contributed by atoms with Crippen molar-refractivity contribution in [1.29, 1.82) is 0 Å². The Bertz CT molecular complexity index is 604. The zero-order chi connectivity index (χ0) is 21.6. The zero-order valence-electron chi connectivity index (χ0n) is 17.3. The van der Waals surface area contributed by atoms with Crippen molar-refractivity contribution in [1.82, 2.24) is 0 Å². The molecule has 1 saturated carbocycles. The Morgan fingerprint density at radius 3 is 2.76 bits per heavy atom. The number of aliphatic hydroxyl groups excluding tert-OH is 2. The first-order valence-corrected chi connectivity index (χ1v) is 10.7. The maximum atomic E-state index is 14.9. The van der Waals surface area contributed by atoms with Crippen LogP contribution < -0.4 is 0 Å². The number of aliphatic hydroxyl groups is 2. The van der Waals surface area contributed by atoms with Crippen molar-refractivity contribution >= 4 is 5.97 Å². The monoisotopic (exact) mass is 416 g/mol. The highest BCUT2D eigenvalue weighted by Crippen LogP contribution is 2.54. The molecule has 5 nitrogen and oxygen atoms in total. The number of carboxylic acids is 1. The largest absolute Gasteiger partial charge is 0.488 e. The molecule has 0 aromatic heterocycles. The maximum Gasteiger partial charge on any atom is 0.310 e. The number of hydrogen-bond donors (Lipinski definition) is 3. The van der Waals surface area contributed by atoms with Crippen LogP contribution in [0.2, 0.25) is 0 Å². The summed E-state index contributed by atoms with van der Waals surface area (Å²) < 4.78 is 35.3. The number of hydrogen-bond acceptors (Lipinski definition) is 4. The summed E-state index contributed by atoms with van der Waals surface area (Å²) in [5, 5.41) is 29.1. The second-order valence-corrected chi connectivity index (χ2v) is 8.48. The Hall–Kier alpha value is -1.47. The zero-order valence-corrected chi connectivity index (χ0v) is 17.3. The smallest absolute Gasteiger partial charge is 0.310 e. The van der Waals surface area contributed by atoms with E-state index in [-0.39, 0.29) is 25.7 Å². The van der Waals surface area contributed by atoms with Gasteiger partial charge in [0.05, 0.1) is 18.1 Å². The summed E-state index contributed by atoms with van der Waals surface area (Å²) in [6, 6.07) is 0. The number of carboxylic acid groups (broad SMARTS) is 1. The lowest BCUT2D eigenvalue weighted by Gasteiger charge is -2.23. The van der Waals surface area contributed by atoms with Gasteiger partial charge in [-0.25, -0.2) is 0 Å². The standard InChI is InChI=1S/C22H34F2O5/c1-3-4-7-14(2)12-15(25)10-11-16-17(26)13-18-21(16)22(23,24)19(29-18)8-5-6-9-20(27)28/h8,10-11,14-18,21,25-26H,3-7,9,12-13H2,1-2H3,(H,27,28)/t14-,15-,16-,17+,18-,21+/m0/s1. The molecule has 29 heavy (non-hydrogen) atoms. The minimum Gasteiger partial charge on any atom is -0.488 e. The van der Waals surface area contributed by atoms with Crippen molar-refractivity contribution in [3.8, 4) is 0 Å². The van der Waals surface area contributed by atoms with Crippen molar-refractivity contribution in [2.24, 2.45) is 17.8 Å². The second-order valence-electron chi connectivity index (χ2n) is 8.48. The summed E-state index contributed by atoms with van der Waals surface area (Å²) in [5.74, 6) is -6.23. The third kappa shape index (κ3) is 6.25. The van der Waals surface area contributed by atoms with Gasteiger partial charge < -0.3 is 20.1 Å². The lowest BCUT2D eigenvalue weighted by molar-refractivity contribution is -0.137. The van der Waals surface area contributed by atoms with E-state index in [1.54, 1.807) is 0 Å². The van der Waals surface area contributed by atoms with Gasteiger partial charge in [0.1, 0.15) is 6.10 Å². The van der Waals surface area contributed by atoms with E-state index in [1.807, 2.05) is 0 Å². The quantitative estimate of drug-likeness (QED) is 0.345. The number of fused-ring (bicyclic) bond motifs is 1. The SMILES string of the molecule is CCCC[C@H](C)C[C@@H](O)C=C[C@@H]1[C@@H]2[C@H](C[C@H]1O)OC(=CCCCC(=O)O)C2(F)F. The van der Waals surface area contributed by atoms with Gasteiger partial charge in [0.2, 0.25) is 0 Å². The molecule has 0 radical (unpaired) electrons. The summed E-state index contributed by atoms with van der Waals surface area (Å²) in [7, 11) is 0. The number of unbranched alkanes of at least 4 members (excludes halogenated alkanes) is 2. The van der Waals surface area contributed by atoms with E-state index < -0.39 is 47.8 Å². The molecule has 1 heterocycles. The van der Waals surface area contributed by atoms with Crippen LogP contribution in [0.4, 0.5) is 8.78 Å². The summed E-state index contributed by atoms with van der Waals surface area (Å²) in [6.45, 7) is 4.17. The molecule has 3 N–H and O–H groups in total. The average molecular weight is 417 g/mol. The van der Waals surface area contributed by atoms with E-state index in [2.05, 4.69) is 13.8 Å². The van der Waals surface area contributed by atoms with E-state index in [4.69, 9.17) is 9.84 Å². The summed E-state index contributed by atoms with van der Waals surface area (Å²) in [5.41, 5.74) is 0. The number of rotatable bonds is 11. The van der Waals surface area contributed by atoms with Gasteiger partial charge in [-0.2, -0.15) is 8.78 Å². The topological polar surface area (TPSA) is 87.0 Å². The minimum absolute atomic E-state index is 0.0825. The number of carbonyl (C=O) groups is 1. The molecule has 7 heteroatoms. The molecule has 6 atom stereocenters. The van der Waals surface area contributed by atoms with Crippen molar-refractivity contribution < 1.29 is 33.6 Å². The van der Waals surface area contributed by atoms with Gasteiger partial charge in [0, 0.05) is 18.8 Å². The lowest BCUT2D eigenvalue weighted by Crippen LogP contribution is -2.33. The van der Waals surface area contributed by atoms with E-state index >= 15 is 0 Å². The highest BCUT2D eigenvalue weighted by atomic mass is 19.3. The molecular formula is C22H34F2O5. The summed E-state index contributed by atoms with van der Waals surface area (Å²) in [4.78, 5) is 10.6. The van der Waals surface area contributed by atoms with Crippen molar-refractivity contribution in [2.75, 3.05) is 0 Å². The van der Waals surface area contributed by atoms with Crippen LogP contribution in [-0.2, 0) is 9.53 Å². The second kappa shape index (κ2) is 10.5. The first-order chi connectivity index (χ1) is 13.7. The highest BCUT2D eigenvalue weighted by Gasteiger charge is 2.63. The number of alkyl halides is 2. The number of halogens is 2. The van der Waals surface area contributed by atoms with Gasteiger partial charge in [-0.1, -0.05) is 45.3 Å². The third-order valence-corrected chi connectivity index (χ3v) is 5.93. The molecule has 2 aliphatic rings. The molecule has 0 amide bonds. The summed E-state index contributed by atoms with van der Waals surface area (Å²) >= 11 is 0.